The lowest BCUT2D eigenvalue weighted by Crippen LogP contribution is -2.06. The molecule has 17 heavy (non-hydrogen) atoms. The van der Waals surface area contributed by atoms with Crippen LogP contribution in [0.3, 0.4) is 0 Å². The molecular weight excluding hydrogens is 214 g/mol. The minimum Gasteiger partial charge on any atom is -0.478 e. The number of hydrogen-bond donors (Lipinski definition) is 1. The Labute approximate surface area is 103 Å². The molecule has 0 radical (unpaired) electrons. The average molecular weight is 235 g/mol. The second kappa shape index (κ2) is 5.84. The van der Waals surface area contributed by atoms with Gasteiger partial charge in [-0.05, 0) is 32.6 Å². The Morgan fingerprint density at radius 3 is 2.94 bits per heavy atom. The van der Waals surface area contributed by atoms with Crippen molar-refractivity contribution in [3.63, 3.8) is 0 Å². The molecule has 1 heterocycles. The summed E-state index contributed by atoms with van der Waals surface area (Å²) in [5.74, 6) is 3.28. The van der Waals surface area contributed by atoms with Crippen molar-refractivity contribution in [2.24, 2.45) is 5.92 Å². The van der Waals surface area contributed by atoms with Crippen LogP contribution in [0.25, 0.3) is 0 Å². The second-order valence-electron chi connectivity index (χ2n) is 4.58. The highest BCUT2D eigenvalue weighted by Crippen LogP contribution is 2.33. The molecule has 94 valence electrons. The van der Waals surface area contributed by atoms with E-state index in [0.717, 1.165) is 24.1 Å². The minimum absolute atomic E-state index is 0.636. The molecule has 0 atom stereocenters. The van der Waals surface area contributed by atoms with Crippen LogP contribution >= 0.6 is 0 Å². The third-order valence-corrected chi connectivity index (χ3v) is 2.90. The van der Waals surface area contributed by atoms with E-state index in [-0.39, 0.29) is 0 Å². The zero-order chi connectivity index (χ0) is 12.1. The van der Waals surface area contributed by atoms with Crippen LogP contribution in [0.5, 0.6) is 5.88 Å². The number of hydrogen-bond acceptors (Lipinski definition) is 4. The van der Waals surface area contributed by atoms with Crippen molar-refractivity contribution in [2.45, 2.75) is 39.5 Å². The molecule has 0 unspecified atom stereocenters. The fraction of sp³-hybridized carbons (Fsp3) is 0.692. The van der Waals surface area contributed by atoms with Gasteiger partial charge in [0.05, 0.1) is 6.61 Å². The van der Waals surface area contributed by atoms with Gasteiger partial charge < -0.3 is 10.1 Å². The molecular formula is C13H21N3O. The van der Waals surface area contributed by atoms with Gasteiger partial charge in [-0.15, -0.1) is 0 Å². The lowest BCUT2D eigenvalue weighted by Gasteiger charge is -2.08. The summed E-state index contributed by atoms with van der Waals surface area (Å²) >= 11 is 0. The molecule has 0 aromatic carbocycles. The Morgan fingerprint density at radius 1 is 1.41 bits per heavy atom. The van der Waals surface area contributed by atoms with Gasteiger partial charge in [-0.2, -0.15) is 4.98 Å². The van der Waals surface area contributed by atoms with Gasteiger partial charge in [-0.1, -0.05) is 12.8 Å². The molecule has 2 rings (SSSR count). The monoisotopic (exact) mass is 235 g/mol. The largest absolute Gasteiger partial charge is 0.478 e. The van der Waals surface area contributed by atoms with Gasteiger partial charge in [0.1, 0.15) is 11.6 Å². The first-order valence-electron chi connectivity index (χ1n) is 6.50. The lowest BCUT2D eigenvalue weighted by molar-refractivity contribution is 0.325. The van der Waals surface area contributed by atoms with Crippen molar-refractivity contribution in [1.82, 2.24) is 9.97 Å². The summed E-state index contributed by atoms with van der Waals surface area (Å²) in [5, 5.41) is 3.34. The number of aryl methyl sites for hydroxylation is 1. The fourth-order valence-electron chi connectivity index (χ4n) is 1.87. The molecule has 1 saturated carbocycles. The third kappa shape index (κ3) is 4.21. The summed E-state index contributed by atoms with van der Waals surface area (Å²) in [5.41, 5.74) is 0. The summed E-state index contributed by atoms with van der Waals surface area (Å²) in [6.07, 6.45) is 5.43. The van der Waals surface area contributed by atoms with E-state index in [1.54, 1.807) is 0 Å². The van der Waals surface area contributed by atoms with Gasteiger partial charge in [0.2, 0.25) is 5.88 Å². The van der Waals surface area contributed by atoms with Crippen LogP contribution in [0.15, 0.2) is 6.07 Å². The normalized spacial score (nSPS) is 14.7. The molecule has 0 bridgehead atoms. The van der Waals surface area contributed by atoms with Gasteiger partial charge in [0.15, 0.2) is 0 Å². The molecule has 0 amide bonds. The maximum Gasteiger partial charge on any atom is 0.218 e. The fourth-order valence-corrected chi connectivity index (χ4v) is 1.87. The van der Waals surface area contributed by atoms with E-state index in [4.69, 9.17) is 4.74 Å². The number of anilines is 1. The summed E-state index contributed by atoms with van der Waals surface area (Å²) < 4.78 is 5.39. The molecule has 4 heteroatoms. The van der Waals surface area contributed by atoms with Crippen LogP contribution in [-0.2, 0) is 0 Å². The van der Waals surface area contributed by atoms with Crippen LogP contribution < -0.4 is 10.1 Å². The summed E-state index contributed by atoms with van der Waals surface area (Å²) in [7, 11) is 0. The lowest BCUT2D eigenvalue weighted by atomic mass is 10.2. The van der Waals surface area contributed by atoms with Crippen LogP contribution in [-0.4, -0.2) is 23.1 Å². The van der Waals surface area contributed by atoms with Crippen molar-refractivity contribution >= 4 is 5.82 Å². The molecule has 1 aromatic heterocycles. The van der Waals surface area contributed by atoms with Crippen LogP contribution in [0.4, 0.5) is 5.82 Å². The predicted molar refractivity (Wildman–Crippen MR) is 68.4 cm³/mol. The average Bonchev–Trinajstić information content (AvgIpc) is 3.08. The van der Waals surface area contributed by atoms with E-state index in [1.807, 2.05) is 19.9 Å². The smallest absolute Gasteiger partial charge is 0.218 e. The Balaban J connectivity index is 1.80. The highest BCUT2D eigenvalue weighted by Gasteiger charge is 2.19. The highest BCUT2D eigenvalue weighted by atomic mass is 16.5. The van der Waals surface area contributed by atoms with Crippen LogP contribution in [0.1, 0.15) is 38.4 Å². The zero-order valence-corrected chi connectivity index (χ0v) is 10.7. The predicted octanol–water partition coefficient (Wildman–Crippen LogP) is 2.79. The van der Waals surface area contributed by atoms with Gasteiger partial charge in [-0.25, -0.2) is 4.98 Å². The molecule has 0 aliphatic heterocycles. The van der Waals surface area contributed by atoms with E-state index in [9.17, 15) is 0 Å². The van der Waals surface area contributed by atoms with Crippen molar-refractivity contribution in [1.29, 1.82) is 0 Å². The summed E-state index contributed by atoms with van der Waals surface area (Å²) in [6.45, 7) is 5.47. The third-order valence-electron chi connectivity index (χ3n) is 2.90. The summed E-state index contributed by atoms with van der Waals surface area (Å²) in [6, 6.07) is 1.87. The second-order valence-corrected chi connectivity index (χ2v) is 4.58. The highest BCUT2D eigenvalue weighted by molar-refractivity contribution is 5.38. The molecule has 1 aliphatic carbocycles. The number of nitrogens with zero attached hydrogens (tertiary/aromatic N) is 2. The van der Waals surface area contributed by atoms with Gasteiger partial charge in [0.25, 0.3) is 0 Å². The SMILES string of the molecule is CCOc1cc(NCCCC2CC2)nc(C)n1. The first kappa shape index (κ1) is 12.1. The number of ether oxygens (including phenoxy) is 1. The molecule has 1 fully saturated rings. The standard InChI is InChI=1S/C13H21N3O/c1-3-17-13-9-12(15-10(2)16-13)14-8-4-5-11-6-7-11/h9,11H,3-8H2,1-2H3,(H,14,15,16). The Kier molecular flexibility index (Phi) is 4.18. The molecule has 1 N–H and O–H groups in total. The molecule has 4 nitrogen and oxygen atoms in total. The maximum atomic E-state index is 5.39. The molecule has 0 spiro atoms. The Bertz CT molecular complexity index is 364. The Hall–Kier alpha value is -1.32. The molecule has 0 saturated heterocycles. The summed E-state index contributed by atoms with van der Waals surface area (Å²) in [4.78, 5) is 8.56. The van der Waals surface area contributed by atoms with E-state index >= 15 is 0 Å². The van der Waals surface area contributed by atoms with Crippen molar-refractivity contribution in [3.8, 4) is 5.88 Å². The molecule has 1 aliphatic rings. The van der Waals surface area contributed by atoms with E-state index < -0.39 is 0 Å². The van der Waals surface area contributed by atoms with Crippen molar-refractivity contribution in [3.05, 3.63) is 11.9 Å². The molecule has 1 aromatic rings. The first-order chi connectivity index (χ1) is 8.28. The number of nitrogens with one attached hydrogen (secondary N) is 1. The van der Waals surface area contributed by atoms with E-state index in [1.165, 1.54) is 25.7 Å². The first-order valence-corrected chi connectivity index (χ1v) is 6.50. The number of aromatic nitrogens is 2. The maximum absolute atomic E-state index is 5.39. The number of rotatable bonds is 7. The van der Waals surface area contributed by atoms with E-state index in [2.05, 4.69) is 15.3 Å². The van der Waals surface area contributed by atoms with Crippen molar-refractivity contribution < 1.29 is 4.74 Å². The van der Waals surface area contributed by atoms with E-state index in [0.29, 0.717) is 12.5 Å². The Morgan fingerprint density at radius 2 is 2.24 bits per heavy atom. The van der Waals surface area contributed by atoms with Gasteiger partial charge in [-0.3, -0.25) is 0 Å². The van der Waals surface area contributed by atoms with Crippen molar-refractivity contribution in [2.75, 3.05) is 18.5 Å². The minimum atomic E-state index is 0.636. The quantitative estimate of drug-likeness (QED) is 0.738. The van der Waals surface area contributed by atoms with Gasteiger partial charge in [0, 0.05) is 12.6 Å². The van der Waals surface area contributed by atoms with Crippen LogP contribution in [0, 0.1) is 12.8 Å². The topological polar surface area (TPSA) is 47.0 Å². The zero-order valence-electron chi connectivity index (χ0n) is 10.7. The van der Waals surface area contributed by atoms with Gasteiger partial charge >= 0.3 is 0 Å². The van der Waals surface area contributed by atoms with Crippen LogP contribution in [0.2, 0.25) is 0 Å².